The fourth-order valence-corrected chi connectivity index (χ4v) is 2.75. The van der Waals surface area contributed by atoms with Gasteiger partial charge in [0, 0.05) is 20.1 Å². The minimum atomic E-state index is 0.854. The number of anilines is 1. The van der Waals surface area contributed by atoms with Crippen LogP contribution in [-0.2, 0) is 7.05 Å². The van der Waals surface area contributed by atoms with Crippen molar-refractivity contribution in [2.24, 2.45) is 7.05 Å². The molecule has 0 aliphatic carbocycles. The molecule has 3 aromatic rings. The fraction of sp³-hybridized carbons (Fsp3) is 0.333. The molecule has 8 heteroatoms. The summed E-state index contributed by atoms with van der Waals surface area (Å²) >= 11 is 3.55. The average Bonchev–Trinajstić information content (AvgIpc) is 2.94. The number of hydrogen-bond donors (Lipinski definition) is 0. The number of nitrogens with zero attached hydrogens (tertiary/aromatic N) is 7. The smallest absolute Gasteiger partial charge is 0.158 e. The van der Waals surface area contributed by atoms with E-state index in [9.17, 15) is 0 Å². The van der Waals surface area contributed by atoms with Gasteiger partial charge in [0.25, 0.3) is 0 Å². The summed E-state index contributed by atoms with van der Waals surface area (Å²) < 4.78 is 4.44. The molecule has 1 fully saturated rings. The fourth-order valence-electron chi connectivity index (χ4n) is 2.37. The molecule has 20 heavy (non-hydrogen) atoms. The zero-order valence-corrected chi connectivity index (χ0v) is 12.4. The Kier molecular flexibility index (Phi) is 2.53. The Hall–Kier alpha value is -1.96. The van der Waals surface area contributed by atoms with Crippen molar-refractivity contribution >= 4 is 27.3 Å². The molecule has 4 rings (SSSR count). The number of aryl methyl sites for hydroxylation is 1. The van der Waals surface area contributed by atoms with Crippen LogP contribution < -0.4 is 4.90 Å². The third kappa shape index (κ3) is 1.57. The van der Waals surface area contributed by atoms with E-state index in [1.54, 1.807) is 28.0 Å². The van der Waals surface area contributed by atoms with Gasteiger partial charge >= 0.3 is 0 Å². The molecule has 1 aliphatic heterocycles. The summed E-state index contributed by atoms with van der Waals surface area (Å²) in [5, 5.41) is 8.49. The zero-order chi connectivity index (χ0) is 13.7. The van der Waals surface area contributed by atoms with Gasteiger partial charge in [-0.05, 0) is 22.4 Å². The van der Waals surface area contributed by atoms with E-state index in [4.69, 9.17) is 0 Å². The Morgan fingerprint density at radius 1 is 1.20 bits per heavy atom. The highest BCUT2D eigenvalue weighted by Crippen LogP contribution is 2.34. The zero-order valence-electron chi connectivity index (χ0n) is 10.9. The summed E-state index contributed by atoms with van der Waals surface area (Å²) in [7, 11) is 1.89. The molecule has 0 bridgehead atoms. The maximum atomic E-state index is 4.49. The lowest BCUT2D eigenvalue weighted by molar-refractivity contribution is 0.608. The van der Waals surface area contributed by atoms with Crippen molar-refractivity contribution in [2.45, 2.75) is 6.42 Å². The molecule has 0 spiro atoms. The molecule has 1 saturated heterocycles. The van der Waals surface area contributed by atoms with E-state index in [2.05, 4.69) is 41.0 Å². The van der Waals surface area contributed by atoms with Gasteiger partial charge in [-0.1, -0.05) is 0 Å². The first-order valence-corrected chi connectivity index (χ1v) is 7.16. The third-order valence-corrected chi connectivity index (χ3v) is 4.54. The Bertz CT molecular complexity index is 786. The number of rotatable bonds is 2. The molecular formula is C12H12BrN7. The van der Waals surface area contributed by atoms with Crippen molar-refractivity contribution in [1.82, 2.24) is 29.4 Å². The summed E-state index contributed by atoms with van der Waals surface area (Å²) in [4.78, 5) is 11.2. The lowest BCUT2D eigenvalue weighted by Gasteiger charge is -2.32. The van der Waals surface area contributed by atoms with Gasteiger partial charge in [0.1, 0.15) is 28.5 Å². The summed E-state index contributed by atoms with van der Waals surface area (Å²) in [5.41, 5.74) is 2.74. The Balaban J connectivity index is 1.98. The van der Waals surface area contributed by atoms with Crippen molar-refractivity contribution in [3.05, 3.63) is 23.5 Å². The second-order valence-corrected chi connectivity index (χ2v) is 5.53. The number of hydrogen-bond acceptors (Lipinski definition) is 5. The molecule has 102 valence electrons. The van der Waals surface area contributed by atoms with Crippen LogP contribution in [-0.4, -0.2) is 42.5 Å². The topological polar surface area (TPSA) is 64.1 Å². The number of halogens is 1. The van der Waals surface area contributed by atoms with Crippen LogP contribution in [0.2, 0.25) is 0 Å². The van der Waals surface area contributed by atoms with Crippen molar-refractivity contribution in [3.63, 3.8) is 0 Å². The van der Waals surface area contributed by atoms with Gasteiger partial charge in [0.05, 0.1) is 11.8 Å². The van der Waals surface area contributed by atoms with Crippen LogP contribution in [0.25, 0.3) is 16.8 Å². The largest absolute Gasteiger partial charge is 0.355 e. The van der Waals surface area contributed by atoms with Crippen molar-refractivity contribution in [3.8, 4) is 11.3 Å². The predicted molar refractivity (Wildman–Crippen MR) is 77.5 cm³/mol. The predicted octanol–water partition coefficient (Wildman–Crippen LogP) is 1.50. The maximum Gasteiger partial charge on any atom is 0.158 e. The van der Waals surface area contributed by atoms with E-state index < -0.39 is 0 Å². The van der Waals surface area contributed by atoms with Crippen LogP contribution >= 0.6 is 15.9 Å². The highest BCUT2D eigenvalue weighted by molar-refractivity contribution is 9.10. The monoisotopic (exact) mass is 333 g/mol. The van der Waals surface area contributed by atoms with Gasteiger partial charge in [-0.3, -0.25) is 4.68 Å². The summed E-state index contributed by atoms with van der Waals surface area (Å²) in [6, 6.07) is 0. The highest BCUT2D eigenvalue weighted by atomic mass is 79.9. The molecule has 0 radical (unpaired) electrons. The molecule has 0 unspecified atom stereocenters. The molecule has 1 aliphatic rings. The molecule has 0 aromatic carbocycles. The van der Waals surface area contributed by atoms with Crippen molar-refractivity contribution in [2.75, 3.05) is 18.0 Å². The van der Waals surface area contributed by atoms with Crippen LogP contribution in [0.15, 0.2) is 23.5 Å². The van der Waals surface area contributed by atoms with Crippen LogP contribution in [0.4, 0.5) is 5.82 Å². The second-order valence-electron chi connectivity index (χ2n) is 4.78. The molecular weight excluding hydrogens is 322 g/mol. The van der Waals surface area contributed by atoms with Gasteiger partial charge in [0.2, 0.25) is 0 Å². The third-order valence-electron chi connectivity index (χ3n) is 3.59. The molecule has 0 atom stereocenters. The summed E-state index contributed by atoms with van der Waals surface area (Å²) in [5.74, 6) is 0.939. The van der Waals surface area contributed by atoms with E-state index in [1.807, 2.05) is 7.05 Å². The van der Waals surface area contributed by atoms with E-state index in [0.717, 1.165) is 40.3 Å². The van der Waals surface area contributed by atoms with Gasteiger partial charge in [0.15, 0.2) is 5.82 Å². The normalized spacial score (nSPS) is 14.8. The van der Waals surface area contributed by atoms with E-state index in [0.29, 0.717) is 0 Å². The van der Waals surface area contributed by atoms with E-state index in [1.165, 1.54) is 6.42 Å². The highest BCUT2D eigenvalue weighted by Gasteiger charge is 2.23. The Labute approximate surface area is 123 Å². The Morgan fingerprint density at radius 2 is 2.05 bits per heavy atom. The second kappa shape index (κ2) is 4.27. The number of imidazole rings is 1. The Morgan fingerprint density at radius 3 is 2.70 bits per heavy atom. The lowest BCUT2D eigenvalue weighted by Crippen LogP contribution is -2.38. The molecule has 0 N–H and O–H groups in total. The number of fused-ring (bicyclic) bond motifs is 1. The van der Waals surface area contributed by atoms with Gasteiger partial charge < -0.3 is 4.90 Å². The van der Waals surface area contributed by atoms with Gasteiger partial charge in [-0.15, -0.1) is 0 Å². The van der Waals surface area contributed by atoms with Crippen LogP contribution in [0.1, 0.15) is 6.42 Å². The quantitative estimate of drug-likeness (QED) is 0.711. The van der Waals surface area contributed by atoms with Crippen LogP contribution in [0, 0.1) is 0 Å². The molecule has 4 heterocycles. The minimum Gasteiger partial charge on any atom is -0.355 e. The standard InChI is InChI=1S/C12H12BrN7/c1-18-11(13)8(5-16-18)9-10-12(19-3-2-4-19)14-6-17-20(10)7-15-9/h5-7H,2-4H2,1H3. The van der Waals surface area contributed by atoms with E-state index >= 15 is 0 Å². The SMILES string of the molecule is Cn1ncc(-c2ncn3ncnc(N4CCC4)c23)c1Br. The van der Waals surface area contributed by atoms with E-state index in [-0.39, 0.29) is 0 Å². The van der Waals surface area contributed by atoms with Crippen molar-refractivity contribution < 1.29 is 0 Å². The maximum absolute atomic E-state index is 4.49. The number of aromatic nitrogens is 6. The first-order valence-electron chi connectivity index (χ1n) is 6.37. The minimum absolute atomic E-state index is 0.854. The lowest BCUT2D eigenvalue weighted by atomic mass is 10.2. The molecule has 0 saturated carbocycles. The summed E-state index contributed by atoms with van der Waals surface area (Å²) in [6.45, 7) is 2.07. The van der Waals surface area contributed by atoms with Gasteiger partial charge in [-0.2, -0.15) is 10.2 Å². The van der Waals surface area contributed by atoms with Crippen molar-refractivity contribution in [1.29, 1.82) is 0 Å². The van der Waals surface area contributed by atoms with Crippen LogP contribution in [0.5, 0.6) is 0 Å². The molecule has 3 aromatic heterocycles. The molecule has 0 amide bonds. The average molecular weight is 334 g/mol. The first kappa shape index (κ1) is 11.8. The molecule has 7 nitrogen and oxygen atoms in total. The first-order chi connectivity index (χ1) is 9.75. The summed E-state index contributed by atoms with van der Waals surface area (Å²) in [6.07, 6.45) is 6.30. The van der Waals surface area contributed by atoms with Gasteiger partial charge in [-0.25, -0.2) is 14.5 Å². The van der Waals surface area contributed by atoms with Crippen LogP contribution in [0.3, 0.4) is 0 Å².